The van der Waals surface area contributed by atoms with Gasteiger partial charge in [-0.1, -0.05) is 20.3 Å². The van der Waals surface area contributed by atoms with E-state index in [0.29, 0.717) is 0 Å². The highest BCUT2D eigenvalue weighted by atomic mass is 19.4. The number of rotatable bonds is 0. The first-order valence-electron chi connectivity index (χ1n) is 2.71. The van der Waals surface area contributed by atoms with Gasteiger partial charge in [0.15, 0.2) is 0 Å². The van der Waals surface area contributed by atoms with Gasteiger partial charge in [0, 0.05) is 0 Å². The number of alkyl halides is 5. The second-order valence-electron chi connectivity index (χ2n) is 1.55. The van der Waals surface area contributed by atoms with Crippen molar-refractivity contribution in [3.63, 3.8) is 0 Å². The molecule has 0 aliphatic carbocycles. The molecule has 0 saturated heterocycles. The highest BCUT2D eigenvalue weighted by molar-refractivity contribution is 4.48. The standard InChI is InChI=1S/C3H8.C2HF5/c1-3-2;3-1(4)2(5,6)7/h3H2,1-2H3;1H. The molecule has 0 heterocycles. The maximum Gasteiger partial charge on any atom is 0.450 e. The molecule has 0 aromatic heterocycles. The smallest absolute Gasteiger partial charge is 0.200 e. The van der Waals surface area contributed by atoms with Crippen LogP contribution in [0.15, 0.2) is 0 Å². The second-order valence-corrected chi connectivity index (χ2v) is 1.55. The van der Waals surface area contributed by atoms with Crippen LogP contribution in [0.1, 0.15) is 20.3 Å². The van der Waals surface area contributed by atoms with Crippen LogP contribution in [0.5, 0.6) is 0 Å². The fraction of sp³-hybridized carbons (Fsp3) is 1.00. The van der Waals surface area contributed by atoms with Crippen LogP contribution in [0.25, 0.3) is 0 Å². The van der Waals surface area contributed by atoms with Crippen molar-refractivity contribution in [2.75, 3.05) is 0 Å². The molecule has 0 amide bonds. The molecular weight excluding hydrogens is 155 g/mol. The third-order valence-electron chi connectivity index (χ3n) is 0.247. The van der Waals surface area contributed by atoms with E-state index in [4.69, 9.17) is 0 Å². The summed E-state index contributed by atoms with van der Waals surface area (Å²) >= 11 is 0. The van der Waals surface area contributed by atoms with Crippen LogP contribution < -0.4 is 0 Å². The topological polar surface area (TPSA) is 0 Å². The number of hydrogen-bond donors (Lipinski definition) is 0. The van der Waals surface area contributed by atoms with Gasteiger partial charge in [-0.2, -0.15) is 13.2 Å². The van der Waals surface area contributed by atoms with Crippen molar-refractivity contribution in [3.8, 4) is 0 Å². The first-order valence-corrected chi connectivity index (χ1v) is 2.71. The lowest BCUT2D eigenvalue weighted by molar-refractivity contribution is -0.219. The van der Waals surface area contributed by atoms with E-state index in [2.05, 4.69) is 13.8 Å². The minimum atomic E-state index is -5.33. The Morgan fingerprint density at radius 3 is 1.20 bits per heavy atom. The monoisotopic (exact) mass is 164 g/mol. The van der Waals surface area contributed by atoms with Gasteiger partial charge >= 0.3 is 12.6 Å². The Labute approximate surface area is 56.0 Å². The van der Waals surface area contributed by atoms with Crippen LogP contribution in [0, 0.1) is 0 Å². The summed E-state index contributed by atoms with van der Waals surface area (Å²) in [5.41, 5.74) is 0. The SMILES string of the molecule is CCC.FC(F)C(F)(F)F. The Hall–Kier alpha value is -0.350. The predicted octanol–water partition coefficient (Wildman–Crippen LogP) is 3.23. The summed E-state index contributed by atoms with van der Waals surface area (Å²) in [6.45, 7) is 4.25. The van der Waals surface area contributed by atoms with E-state index in [0.717, 1.165) is 0 Å². The second kappa shape index (κ2) is 5.44. The molecule has 0 aliphatic heterocycles. The van der Waals surface area contributed by atoms with Crippen LogP contribution >= 0.6 is 0 Å². The zero-order valence-electron chi connectivity index (χ0n) is 5.67. The van der Waals surface area contributed by atoms with Crippen LogP contribution in [-0.2, 0) is 0 Å². The molecule has 0 fully saturated rings. The van der Waals surface area contributed by atoms with Crippen LogP contribution in [0.4, 0.5) is 22.0 Å². The maximum absolute atomic E-state index is 10.4. The first-order chi connectivity index (χ1) is 4.36. The lowest BCUT2D eigenvalue weighted by Crippen LogP contribution is -2.18. The fourth-order valence-electron chi connectivity index (χ4n) is 0. The lowest BCUT2D eigenvalue weighted by atomic mass is 10.6. The van der Waals surface area contributed by atoms with Crippen molar-refractivity contribution in [3.05, 3.63) is 0 Å². The Bertz CT molecular complexity index is 64.9. The highest BCUT2D eigenvalue weighted by Gasteiger charge is 2.40. The molecule has 0 atom stereocenters. The average Bonchev–Trinajstić information content (AvgIpc) is 1.64. The molecule has 0 spiro atoms. The molecule has 0 aromatic carbocycles. The van der Waals surface area contributed by atoms with E-state index in [-0.39, 0.29) is 0 Å². The summed E-state index contributed by atoms with van der Waals surface area (Å²) in [5.74, 6) is 0. The van der Waals surface area contributed by atoms with Gasteiger partial charge in [-0.05, 0) is 0 Å². The fourth-order valence-corrected chi connectivity index (χ4v) is 0. The van der Waals surface area contributed by atoms with E-state index >= 15 is 0 Å². The Kier molecular flexibility index (Phi) is 6.71. The third kappa shape index (κ3) is 10.6. The van der Waals surface area contributed by atoms with Crippen molar-refractivity contribution < 1.29 is 22.0 Å². The quantitative estimate of drug-likeness (QED) is 0.482. The van der Waals surface area contributed by atoms with Gasteiger partial charge in [0.1, 0.15) is 0 Å². The maximum atomic E-state index is 10.4. The van der Waals surface area contributed by atoms with E-state index in [1.54, 1.807) is 0 Å². The van der Waals surface area contributed by atoms with Crippen LogP contribution in [-0.4, -0.2) is 12.6 Å². The van der Waals surface area contributed by atoms with E-state index in [9.17, 15) is 22.0 Å². The molecule has 0 rings (SSSR count). The van der Waals surface area contributed by atoms with E-state index < -0.39 is 12.6 Å². The van der Waals surface area contributed by atoms with Gasteiger partial charge in [0.25, 0.3) is 0 Å². The van der Waals surface area contributed by atoms with E-state index in [1.807, 2.05) is 0 Å². The van der Waals surface area contributed by atoms with Crippen molar-refractivity contribution >= 4 is 0 Å². The summed E-state index contributed by atoms with van der Waals surface area (Å²) in [6.07, 6.45) is -8.28. The molecule has 0 N–H and O–H groups in total. The predicted molar refractivity (Wildman–Crippen MR) is 28.0 cm³/mol. The zero-order valence-corrected chi connectivity index (χ0v) is 5.67. The first kappa shape index (κ1) is 12.3. The summed E-state index contributed by atoms with van der Waals surface area (Å²) in [7, 11) is 0. The van der Waals surface area contributed by atoms with Crippen LogP contribution in [0.3, 0.4) is 0 Å². The minimum absolute atomic E-state index is 1.25. The van der Waals surface area contributed by atoms with Gasteiger partial charge in [0.2, 0.25) is 0 Å². The molecule has 0 aromatic rings. The Balaban J connectivity index is 0. The molecule has 0 bridgehead atoms. The van der Waals surface area contributed by atoms with Gasteiger partial charge in [-0.25, -0.2) is 8.78 Å². The molecule has 0 saturated carbocycles. The van der Waals surface area contributed by atoms with Crippen molar-refractivity contribution in [2.45, 2.75) is 32.9 Å². The number of hydrogen-bond acceptors (Lipinski definition) is 0. The molecule has 0 aliphatic rings. The summed E-state index contributed by atoms with van der Waals surface area (Å²) in [5, 5.41) is 0. The summed E-state index contributed by atoms with van der Waals surface area (Å²) in [6, 6.07) is 0. The molecule has 5 heteroatoms. The molecule has 64 valence electrons. The van der Waals surface area contributed by atoms with E-state index in [1.165, 1.54) is 6.42 Å². The Morgan fingerprint density at radius 2 is 1.20 bits per heavy atom. The van der Waals surface area contributed by atoms with Gasteiger partial charge < -0.3 is 0 Å². The molecule has 10 heavy (non-hydrogen) atoms. The number of halogens is 5. The average molecular weight is 164 g/mol. The van der Waals surface area contributed by atoms with Gasteiger partial charge in [-0.15, -0.1) is 0 Å². The van der Waals surface area contributed by atoms with Gasteiger partial charge in [0.05, 0.1) is 0 Å². The van der Waals surface area contributed by atoms with Crippen molar-refractivity contribution in [1.82, 2.24) is 0 Å². The van der Waals surface area contributed by atoms with Crippen molar-refractivity contribution in [1.29, 1.82) is 0 Å². The minimum Gasteiger partial charge on any atom is -0.200 e. The molecule has 0 unspecified atom stereocenters. The van der Waals surface area contributed by atoms with Crippen molar-refractivity contribution in [2.24, 2.45) is 0 Å². The zero-order chi connectivity index (χ0) is 8.78. The van der Waals surface area contributed by atoms with Gasteiger partial charge in [-0.3, -0.25) is 0 Å². The normalized spacial score (nSPS) is 10.8. The van der Waals surface area contributed by atoms with Crippen LogP contribution in [0.2, 0.25) is 0 Å². The molecule has 0 radical (unpaired) electrons. The highest BCUT2D eigenvalue weighted by Crippen LogP contribution is 2.22. The molecule has 0 nitrogen and oxygen atoms in total. The largest absolute Gasteiger partial charge is 0.450 e. The molecular formula is C5H9F5. The Morgan fingerprint density at radius 1 is 1.10 bits per heavy atom. The summed E-state index contributed by atoms with van der Waals surface area (Å²) < 4.78 is 52.1. The lowest BCUT2D eigenvalue weighted by Gasteiger charge is -2.00. The third-order valence-corrected chi connectivity index (χ3v) is 0.247. The summed E-state index contributed by atoms with van der Waals surface area (Å²) in [4.78, 5) is 0.